The van der Waals surface area contributed by atoms with E-state index in [0.29, 0.717) is 39.7 Å². The number of hydrogen-bond acceptors (Lipinski definition) is 7. The van der Waals surface area contributed by atoms with Gasteiger partial charge in [0.15, 0.2) is 22.5 Å². The van der Waals surface area contributed by atoms with Crippen LogP contribution in [0.4, 0.5) is 5.69 Å². The molecule has 9 nitrogen and oxygen atoms in total. The van der Waals surface area contributed by atoms with Crippen molar-refractivity contribution in [3.05, 3.63) is 76.0 Å². The number of aromatic nitrogens is 3. The molecular formula is C25H25BrClN5O4S. The van der Waals surface area contributed by atoms with E-state index in [0.717, 1.165) is 10.0 Å². The monoisotopic (exact) mass is 605 g/mol. The van der Waals surface area contributed by atoms with Gasteiger partial charge in [0.1, 0.15) is 0 Å². The minimum Gasteiger partial charge on any atom is -0.493 e. The van der Waals surface area contributed by atoms with Crippen LogP contribution in [0, 0.1) is 0 Å². The van der Waals surface area contributed by atoms with E-state index >= 15 is 0 Å². The lowest BCUT2D eigenvalue weighted by molar-refractivity contribution is -0.116. The Morgan fingerprint density at radius 1 is 1.16 bits per heavy atom. The Bertz CT molecular complexity index is 1310. The molecule has 0 bridgehead atoms. The van der Waals surface area contributed by atoms with Crippen LogP contribution in [0.1, 0.15) is 11.4 Å². The zero-order valence-corrected chi connectivity index (χ0v) is 23.3. The van der Waals surface area contributed by atoms with Crippen molar-refractivity contribution in [3.8, 4) is 11.5 Å². The second-order valence-electron chi connectivity index (χ2n) is 7.43. The number of carbonyl (C=O) groups is 2. The highest BCUT2D eigenvalue weighted by Crippen LogP contribution is 2.28. The SMILES string of the molecule is C=CCn1c(CNC(=O)C=Cc2ccc(OC)c(OC)c2)nnc1SCC(=O)Nc1ccc(Br)c(Cl)c1. The van der Waals surface area contributed by atoms with Crippen molar-refractivity contribution >= 4 is 62.9 Å². The van der Waals surface area contributed by atoms with Crippen molar-refractivity contribution in [1.29, 1.82) is 0 Å². The fourth-order valence-electron chi connectivity index (χ4n) is 3.12. The summed E-state index contributed by atoms with van der Waals surface area (Å²) in [6.07, 6.45) is 4.79. The van der Waals surface area contributed by atoms with Crippen molar-refractivity contribution in [2.45, 2.75) is 18.2 Å². The van der Waals surface area contributed by atoms with Crippen LogP contribution in [0.5, 0.6) is 11.5 Å². The van der Waals surface area contributed by atoms with E-state index in [1.54, 1.807) is 61.3 Å². The molecule has 0 saturated heterocycles. The molecule has 0 aliphatic rings. The van der Waals surface area contributed by atoms with E-state index in [4.69, 9.17) is 21.1 Å². The number of nitrogens with zero attached hydrogens (tertiary/aromatic N) is 3. The predicted octanol–water partition coefficient (Wildman–Crippen LogP) is 4.96. The van der Waals surface area contributed by atoms with E-state index in [2.05, 4.69) is 43.3 Å². The smallest absolute Gasteiger partial charge is 0.244 e. The van der Waals surface area contributed by atoms with Gasteiger partial charge in [-0.25, -0.2) is 0 Å². The maximum Gasteiger partial charge on any atom is 0.244 e. The molecule has 2 N–H and O–H groups in total. The van der Waals surface area contributed by atoms with Crippen LogP contribution in [0.2, 0.25) is 5.02 Å². The Morgan fingerprint density at radius 2 is 1.95 bits per heavy atom. The Balaban J connectivity index is 1.57. The Hall–Kier alpha value is -3.28. The molecule has 1 heterocycles. The molecule has 0 atom stereocenters. The first-order valence-corrected chi connectivity index (χ1v) is 13.1. The average Bonchev–Trinajstić information content (AvgIpc) is 3.28. The summed E-state index contributed by atoms with van der Waals surface area (Å²) in [5.41, 5.74) is 1.38. The fourth-order valence-corrected chi connectivity index (χ4v) is 4.32. The molecule has 194 valence electrons. The number of halogens is 2. The van der Waals surface area contributed by atoms with Crippen LogP contribution in [0.15, 0.2) is 64.8 Å². The first-order valence-electron chi connectivity index (χ1n) is 10.9. The number of hydrogen-bond donors (Lipinski definition) is 2. The third kappa shape index (κ3) is 8.11. The van der Waals surface area contributed by atoms with Crippen LogP contribution < -0.4 is 20.1 Å². The van der Waals surface area contributed by atoms with Gasteiger partial charge in [0.05, 0.1) is 31.5 Å². The second kappa shape index (κ2) is 13.9. The van der Waals surface area contributed by atoms with Crippen molar-refractivity contribution < 1.29 is 19.1 Å². The van der Waals surface area contributed by atoms with Gasteiger partial charge in [0.25, 0.3) is 0 Å². The largest absolute Gasteiger partial charge is 0.493 e. The summed E-state index contributed by atoms with van der Waals surface area (Å²) in [7, 11) is 3.11. The lowest BCUT2D eigenvalue weighted by Gasteiger charge is -2.09. The second-order valence-corrected chi connectivity index (χ2v) is 9.63. The summed E-state index contributed by atoms with van der Waals surface area (Å²) in [5, 5.41) is 15.0. The van der Waals surface area contributed by atoms with Crippen LogP contribution in [-0.2, 0) is 22.7 Å². The minimum absolute atomic E-state index is 0.114. The van der Waals surface area contributed by atoms with E-state index in [-0.39, 0.29) is 24.1 Å². The minimum atomic E-state index is -0.301. The van der Waals surface area contributed by atoms with Gasteiger partial charge in [-0.05, 0) is 57.9 Å². The van der Waals surface area contributed by atoms with Gasteiger partial charge in [-0.3, -0.25) is 9.59 Å². The summed E-state index contributed by atoms with van der Waals surface area (Å²) in [6.45, 7) is 4.35. The summed E-state index contributed by atoms with van der Waals surface area (Å²) in [6, 6.07) is 10.5. The lowest BCUT2D eigenvalue weighted by Crippen LogP contribution is -2.23. The first kappa shape index (κ1) is 28.3. The highest BCUT2D eigenvalue weighted by atomic mass is 79.9. The van der Waals surface area contributed by atoms with Crippen molar-refractivity contribution in [2.75, 3.05) is 25.3 Å². The zero-order valence-electron chi connectivity index (χ0n) is 20.2. The molecule has 0 fully saturated rings. The average molecular weight is 607 g/mol. The number of benzene rings is 2. The standard InChI is InChI=1S/C25H25BrClN5O4S/c1-4-11-32-22(14-28-23(33)10-6-16-5-9-20(35-2)21(12-16)36-3)30-31-25(32)37-15-24(34)29-17-7-8-18(26)19(27)13-17/h4-10,12-13H,1,11,14-15H2,2-3H3,(H,28,33)(H,29,34). The predicted molar refractivity (Wildman–Crippen MR) is 149 cm³/mol. The Kier molecular flexibility index (Phi) is 10.6. The van der Waals surface area contributed by atoms with Crippen LogP contribution in [0.25, 0.3) is 6.08 Å². The van der Waals surface area contributed by atoms with E-state index < -0.39 is 0 Å². The molecule has 2 amide bonds. The normalized spacial score (nSPS) is 10.8. The highest BCUT2D eigenvalue weighted by molar-refractivity contribution is 9.10. The summed E-state index contributed by atoms with van der Waals surface area (Å²) < 4.78 is 13.0. The van der Waals surface area contributed by atoms with Crippen LogP contribution in [-0.4, -0.2) is 46.6 Å². The molecule has 0 aliphatic carbocycles. The third-order valence-corrected chi connectivity index (χ3v) is 7.10. The maximum absolute atomic E-state index is 12.4. The third-order valence-electron chi connectivity index (χ3n) is 4.90. The number of rotatable bonds is 12. The fraction of sp³-hybridized carbons (Fsp3) is 0.200. The lowest BCUT2D eigenvalue weighted by atomic mass is 10.2. The molecule has 12 heteroatoms. The van der Waals surface area contributed by atoms with Gasteiger partial charge >= 0.3 is 0 Å². The summed E-state index contributed by atoms with van der Waals surface area (Å²) in [5.74, 6) is 1.31. The number of carbonyl (C=O) groups excluding carboxylic acids is 2. The molecule has 0 aliphatic heterocycles. The van der Waals surface area contributed by atoms with Crippen molar-refractivity contribution in [3.63, 3.8) is 0 Å². The molecule has 0 unspecified atom stereocenters. The molecule has 0 spiro atoms. The van der Waals surface area contributed by atoms with E-state index in [1.165, 1.54) is 17.8 Å². The molecule has 0 saturated carbocycles. The van der Waals surface area contributed by atoms with Gasteiger partial charge in [0.2, 0.25) is 11.8 Å². The number of nitrogens with one attached hydrogen (secondary N) is 2. The molecule has 1 aromatic heterocycles. The van der Waals surface area contributed by atoms with Gasteiger partial charge in [-0.2, -0.15) is 0 Å². The van der Waals surface area contributed by atoms with Gasteiger partial charge in [0, 0.05) is 22.8 Å². The Morgan fingerprint density at radius 3 is 2.65 bits per heavy atom. The van der Waals surface area contributed by atoms with Gasteiger partial charge < -0.3 is 24.7 Å². The highest BCUT2D eigenvalue weighted by Gasteiger charge is 2.14. The summed E-state index contributed by atoms with van der Waals surface area (Å²) in [4.78, 5) is 24.8. The molecule has 0 radical (unpaired) electrons. The summed E-state index contributed by atoms with van der Waals surface area (Å²) >= 11 is 10.6. The van der Waals surface area contributed by atoms with Crippen LogP contribution in [0.3, 0.4) is 0 Å². The molecule has 2 aromatic carbocycles. The quantitative estimate of drug-likeness (QED) is 0.171. The molecular weight excluding hydrogens is 582 g/mol. The van der Waals surface area contributed by atoms with Gasteiger partial charge in [-0.1, -0.05) is 35.5 Å². The number of amides is 2. The number of anilines is 1. The molecule has 3 rings (SSSR count). The number of allylic oxidation sites excluding steroid dienone is 1. The Labute approximate surface area is 232 Å². The number of methoxy groups -OCH3 is 2. The molecule has 37 heavy (non-hydrogen) atoms. The maximum atomic E-state index is 12.4. The zero-order chi connectivity index (χ0) is 26.8. The van der Waals surface area contributed by atoms with Crippen LogP contribution >= 0.6 is 39.3 Å². The first-order chi connectivity index (χ1) is 17.8. The number of thioether (sulfide) groups is 1. The van der Waals surface area contributed by atoms with Crippen molar-refractivity contribution in [2.24, 2.45) is 0 Å². The van der Waals surface area contributed by atoms with Gasteiger partial charge in [-0.15, -0.1) is 16.8 Å². The topological polar surface area (TPSA) is 107 Å². The van der Waals surface area contributed by atoms with E-state index in [9.17, 15) is 9.59 Å². The number of ether oxygens (including phenoxy) is 2. The van der Waals surface area contributed by atoms with E-state index in [1.807, 2.05) is 6.07 Å². The van der Waals surface area contributed by atoms with Crippen molar-refractivity contribution in [1.82, 2.24) is 20.1 Å². The molecule has 3 aromatic rings.